The number of aliphatic hydroxyl groups is 1. The first kappa shape index (κ1) is 13.3. The Labute approximate surface area is 116 Å². The molecular weight excluding hydrogens is 292 g/mol. The van der Waals surface area contributed by atoms with Crippen molar-refractivity contribution in [1.82, 2.24) is 0 Å². The number of ketones is 1. The third-order valence-electron chi connectivity index (χ3n) is 3.30. The van der Waals surface area contributed by atoms with Gasteiger partial charge in [0.15, 0.2) is 5.78 Å². The Morgan fingerprint density at radius 1 is 1.28 bits per heavy atom. The van der Waals surface area contributed by atoms with Gasteiger partial charge in [-0.1, -0.05) is 48.0 Å². The lowest BCUT2D eigenvalue weighted by molar-refractivity contribution is -0.118. The highest BCUT2D eigenvalue weighted by Crippen LogP contribution is 2.37. The fourth-order valence-electron chi connectivity index (χ4n) is 2.36. The van der Waals surface area contributed by atoms with Gasteiger partial charge in [0, 0.05) is 29.3 Å². The zero-order chi connectivity index (χ0) is 13.3. The number of allylic oxidation sites excluding steroid dienone is 2. The second kappa shape index (κ2) is 4.88. The summed E-state index contributed by atoms with van der Waals surface area (Å²) in [6, 6.07) is 7.80. The molecule has 0 saturated carbocycles. The molecule has 0 heterocycles. The van der Waals surface area contributed by atoms with Crippen LogP contribution in [0.2, 0.25) is 0 Å². The summed E-state index contributed by atoms with van der Waals surface area (Å²) >= 11 is 3.47. The van der Waals surface area contributed by atoms with Gasteiger partial charge in [0.25, 0.3) is 0 Å². The minimum Gasteiger partial charge on any atom is -0.512 e. The fourth-order valence-corrected chi connectivity index (χ4v) is 2.78. The van der Waals surface area contributed by atoms with Crippen LogP contribution in [0.3, 0.4) is 0 Å². The maximum Gasteiger partial charge on any atom is 0.163 e. The average molecular weight is 309 g/mol. The first-order valence-electron chi connectivity index (χ1n) is 6.07. The molecule has 1 aliphatic carbocycles. The van der Waals surface area contributed by atoms with Crippen LogP contribution in [0.4, 0.5) is 0 Å². The lowest BCUT2D eigenvalue weighted by atomic mass is 9.75. The number of rotatable bonds is 2. The number of benzene rings is 1. The van der Waals surface area contributed by atoms with Gasteiger partial charge in [0.2, 0.25) is 0 Å². The second-order valence-electron chi connectivity index (χ2n) is 5.63. The van der Waals surface area contributed by atoms with E-state index in [4.69, 9.17) is 0 Å². The number of carbonyl (C=O) groups excluding carboxylic acids is 1. The SMILES string of the molecule is CC1(C)CC(=O)C(Cc2ccccc2Br)=C(O)C1. The average Bonchev–Trinajstić information content (AvgIpc) is 2.24. The van der Waals surface area contributed by atoms with E-state index in [-0.39, 0.29) is 17.0 Å². The van der Waals surface area contributed by atoms with Crippen molar-refractivity contribution >= 4 is 21.7 Å². The van der Waals surface area contributed by atoms with Crippen LogP contribution in [0.1, 0.15) is 32.3 Å². The maximum atomic E-state index is 12.1. The zero-order valence-electron chi connectivity index (χ0n) is 10.7. The molecule has 3 heteroatoms. The number of halogens is 1. The van der Waals surface area contributed by atoms with E-state index in [0.29, 0.717) is 24.8 Å². The zero-order valence-corrected chi connectivity index (χ0v) is 12.3. The molecule has 0 spiro atoms. The Morgan fingerprint density at radius 2 is 1.94 bits per heavy atom. The van der Waals surface area contributed by atoms with Crippen LogP contribution in [0.15, 0.2) is 40.1 Å². The van der Waals surface area contributed by atoms with E-state index in [1.165, 1.54) is 0 Å². The van der Waals surface area contributed by atoms with Crippen LogP contribution < -0.4 is 0 Å². The van der Waals surface area contributed by atoms with Crippen molar-refractivity contribution in [2.75, 3.05) is 0 Å². The molecule has 1 aromatic rings. The molecule has 1 N–H and O–H groups in total. The predicted molar refractivity (Wildman–Crippen MR) is 75.5 cm³/mol. The minimum absolute atomic E-state index is 0.0690. The van der Waals surface area contributed by atoms with Gasteiger partial charge in [0.05, 0.1) is 5.76 Å². The van der Waals surface area contributed by atoms with Gasteiger partial charge in [0.1, 0.15) is 0 Å². The Balaban J connectivity index is 2.29. The van der Waals surface area contributed by atoms with E-state index in [9.17, 15) is 9.90 Å². The van der Waals surface area contributed by atoms with Gasteiger partial charge >= 0.3 is 0 Å². The number of aliphatic hydroxyl groups excluding tert-OH is 1. The lowest BCUT2D eigenvalue weighted by Crippen LogP contribution is -2.26. The molecule has 0 atom stereocenters. The molecule has 0 bridgehead atoms. The number of Topliss-reactive ketones (excluding diaryl/α,β-unsaturated/α-hetero) is 1. The van der Waals surface area contributed by atoms with Crippen LogP contribution in [-0.4, -0.2) is 10.9 Å². The topological polar surface area (TPSA) is 37.3 Å². The molecule has 0 aromatic heterocycles. The smallest absolute Gasteiger partial charge is 0.163 e. The first-order valence-corrected chi connectivity index (χ1v) is 6.86. The molecule has 0 aliphatic heterocycles. The molecule has 0 amide bonds. The van der Waals surface area contributed by atoms with E-state index in [1.807, 2.05) is 38.1 Å². The molecule has 0 saturated heterocycles. The van der Waals surface area contributed by atoms with Gasteiger partial charge in [-0.25, -0.2) is 0 Å². The maximum absolute atomic E-state index is 12.1. The Kier molecular flexibility index (Phi) is 3.62. The first-order chi connectivity index (χ1) is 8.39. The van der Waals surface area contributed by atoms with E-state index in [1.54, 1.807) is 0 Å². The lowest BCUT2D eigenvalue weighted by Gasteiger charge is -2.29. The van der Waals surface area contributed by atoms with Crippen LogP contribution in [0.5, 0.6) is 0 Å². The van der Waals surface area contributed by atoms with E-state index in [2.05, 4.69) is 15.9 Å². The fraction of sp³-hybridized carbons (Fsp3) is 0.400. The van der Waals surface area contributed by atoms with E-state index >= 15 is 0 Å². The van der Waals surface area contributed by atoms with Gasteiger partial charge < -0.3 is 5.11 Å². The van der Waals surface area contributed by atoms with Crippen LogP contribution in [0, 0.1) is 5.41 Å². The Hall–Kier alpha value is -1.09. The number of hydrogen-bond acceptors (Lipinski definition) is 2. The molecule has 0 fully saturated rings. The van der Waals surface area contributed by atoms with Crippen molar-refractivity contribution in [2.24, 2.45) is 5.41 Å². The van der Waals surface area contributed by atoms with Crippen molar-refractivity contribution in [2.45, 2.75) is 33.1 Å². The van der Waals surface area contributed by atoms with E-state index < -0.39 is 0 Å². The molecule has 1 aliphatic rings. The summed E-state index contributed by atoms with van der Waals surface area (Å²) in [5.74, 6) is 0.325. The Bertz CT molecular complexity index is 515. The molecule has 0 radical (unpaired) electrons. The molecule has 18 heavy (non-hydrogen) atoms. The second-order valence-corrected chi connectivity index (χ2v) is 6.49. The van der Waals surface area contributed by atoms with Crippen molar-refractivity contribution in [3.05, 3.63) is 45.6 Å². The van der Waals surface area contributed by atoms with Crippen molar-refractivity contribution in [3.63, 3.8) is 0 Å². The third kappa shape index (κ3) is 2.83. The molecule has 1 aromatic carbocycles. The molecule has 0 unspecified atom stereocenters. The normalized spacial score (nSPS) is 19.2. The monoisotopic (exact) mass is 308 g/mol. The largest absolute Gasteiger partial charge is 0.512 e. The molecular formula is C15H17BrO2. The highest BCUT2D eigenvalue weighted by Gasteiger charge is 2.32. The Morgan fingerprint density at radius 3 is 2.56 bits per heavy atom. The summed E-state index contributed by atoms with van der Waals surface area (Å²) in [6.07, 6.45) is 1.59. The quantitative estimate of drug-likeness (QED) is 0.889. The number of carbonyl (C=O) groups is 1. The summed E-state index contributed by atoms with van der Waals surface area (Å²) in [6.45, 7) is 4.02. The molecule has 2 rings (SSSR count). The summed E-state index contributed by atoms with van der Waals surface area (Å²) in [4.78, 5) is 12.1. The predicted octanol–water partition coefficient (Wildman–Crippen LogP) is 4.19. The summed E-state index contributed by atoms with van der Waals surface area (Å²) in [5, 5.41) is 10.1. The standard InChI is InChI=1S/C15H17BrO2/c1-15(2)8-13(17)11(14(18)9-15)7-10-5-3-4-6-12(10)16/h3-6,17H,7-9H2,1-2H3. The summed E-state index contributed by atoms with van der Waals surface area (Å²) in [5.41, 5.74) is 1.48. The summed E-state index contributed by atoms with van der Waals surface area (Å²) in [7, 11) is 0. The van der Waals surface area contributed by atoms with Crippen LogP contribution in [0.25, 0.3) is 0 Å². The third-order valence-corrected chi connectivity index (χ3v) is 4.07. The highest BCUT2D eigenvalue weighted by molar-refractivity contribution is 9.10. The van der Waals surface area contributed by atoms with Gasteiger partial charge in [-0.2, -0.15) is 0 Å². The van der Waals surface area contributed by atoms with Gasteiger partial charge in [-0.15, -0.1) is 0 Å². The van der Waals surface area contributed by atoms with E-state index in [0.717, 1.165) is 10.0 Å². The van der Waals surface area contributed by atoms with Crippen molar-refractivity contribution in [1.29, 1.82) is 0 Å². The van der Waals surface area contributed by atoms with Crippen LogP contribution >= 0.6 is 15.9 Å². The molecule has 96 valence electrons. The number of hydrogen-bond donors (Lipinski definition) is 1. The van der Waals surface area contributed by atoms with Crippen LogP contribution in [-0.2, 0) is 11.2 Å². The van der Waals surface area contributed by atoms with Crippen molar-refractivity contribution in [3.8, 4) is 0 Å². The van der Waals surface area contributed by atoms with Gasteiger partial charge in [-0.05, 0) is 17.0 Å². The van der Waals surface area contributed by atoms with Gasteiger partial charge in [-0.3, -0.25) is 4.79 Å². The minimum atomic E-state index is -0.126. The summed E-state index contributed by atoms with van der Waals surface area (Å²) < 4.78 is 0.975. The molecule has 2 nitrogen and oxygen atoms in total. The highest BCUT2D eigenvalue weighted by atomic mass is 79.9. The van der Waals surface area contributed by atoms with Crippen molar-refractivity contribution < 1.29 is 9.90 Å².